The van der Waals surface area contributed by atoms with Crippen molar-refractivity contribution >= 4 is 11.9 Å². The molecule has 1 rings (SSSR count). The van der Waals surface area contributed by atoms with Gasteiger partial charge in [0.05, 0.1) is 6.10 Å². The largest absolute Gasteiger partial charge is 0.463 e. The summed E-state index contributed by atoms with van der Waals surface area (Å²) in [6.07, 6.45) is -0.793. The fraction of sp³-hybridized carbons (Fsp3) is 0.846. The average molecular weight is 258 g/mol. The van der Waals surface area contributed by atoms with Crippen molar-refractivity contribution in [3.8, 4) is 0 Å². The van der Waals surface area contributed by atoms with E-state index >= 15 is 0 Å². The molecule has 18 heavy (non-hydrogen) atoms. The van der Waals surface area contributed by atoms with E-state index in [0.717, 1.165) is 0 Å². The van der Waals surface area contributed by atoms with Gasteiger partial charge in [-0.2, -0.15) is 0 Å². The first-order valence-corrected chi connectivity index (χ1v) is 6.29. The maximum absolute atomic E-state index is 11.0. The summed E-state index contributed by atoms with van der Waals surface area (Å²) in [7, 11) is 0. The van der Waals surface area contributed by atoms with Gasteiger partial charge < -0.3 is 14.2 Å². The molecule has 3 unspecified atom stereocenters. The molecular weight excluding hydrogens is 236 g/mol. The zero-order valence-electron chi connectivity index (χ0n) is 11.6. The Bertz CT molecular complexity index is 313. The monoisotopic (exact) mass is 258 g/mol. The SMILES string of the molecule is CC(=O)OCC1OC(OC(C)=O)C(C)[C@@H](C)[C@@H]1C. The topological polar surface area (TPSA) is 61.8 Å². The van der Waals surface area contributed by atoms with Crippen molar-refractivity contribution in [1.82, 2.24) is 0 Å². The second-order valence-electron chi connectivity index (χ2n) is 5.03. The van der Waals surface area contributed by atoms with Crippen molar-refractivity contribution in [3.05, 3.63) is 0 Å². The van der Waals surface area contributed by atoms with E-state index in [4.69, 9.17) is 14.2 Å². The minimum absolute atomic E-state index is 0.123. The number of carbonyl (C=O) groups is 2. The van der Waals surface area contributed by atoms with Gasteiger partial charge in [0.25, 0.3) is 0 Å². The number of hydrogen-bond acceptors (Lipinski definition) is 5. The molecule has 1 fully saturated rings. The van der Waals surface area contributed by atoms with Crippen LogP contribution in [0.4, 0.5) is 0 Å². The Morgan fingerprint density at radius 3 is 2.11 bits per heavy atom. The fourth-order valence-electron chi connectivity index (χ4n) is 2.17. The highest BCUT2D eigenvalue weighted by Gasteiger charge is 2.41. The molecule has 5 nitrogen and oxygen atoms in total. The van der Waals surface area contributed by atoms with Gasteiger partial charge in [-0.1, -0.05) is 20.8 Å². The molecule has 1 saturated heterocycles. The van der Waals surface area contributed by atoms with E-state index in [-0.39, 0.29) is 36.5 Å². The summed E-state index contributed by atoms with van der Waals surface area (Å²) < 4.78 is 15.9. The highest BCUT2D eigenvalue weighted by molar-refractivity contribution is 5.66. The van der Waals surface area contributed by atoms with E-state index < -0.39 is 6.29 Å². The zero-order valence-corrected chi connectivity index (χ0v) is 11.6. The molecule has 0 spiro atoms. The molecule has 0 bridgehead atoms. The smallest absolute Gasteiger partial charge is 0.304 e. The summed E-state index contributed by atoms with van der Waals surface area (Å²) in [5, 5.41) is 0. The molecule has 1 aliphatic rings. The van der Waals surface area contributed by atoms with Crippen LogP contribution in [0, 0.1) is 17.8 Å². The van der Waals surface area contributed by atoms with Crippen molar-refractivity contribution in [3.63, 3.8) is 0 Å². The van der Waals surface area contributed by atoms with Crippen LogP contribution in [0.2, 0.25) is 0 Å². The van der Waals surface area contributed by atoms with Gasteiger partial charge in [0, 0.05) is 19.8 Å². The Balaban J connectivity index is 2.67. The van der Waals surface area contributed by atoms with Gasteiger partial charge in [-0.15, -0.1) is 0 Å². The Hall–Kier alpha value is -1.10. The van der Waals surface area contributed by atoms with Crippen molar-refractivity contribution in [2.45, 2.75) is 47.0 Å². The standard InChI is InChI=1S/C13H22O5/c1-7-8(2)12(6-16-10(4)14)18-13(9(7)3)17-11(5)15/h7-9,12-13H,6H2,1-5H3/t7-,8-,9?,12?,13?/m0/s1. The number of hydrogen-bond donors (Lipinski definition) is 0. The van der Waals surface area contributed by atoms with Crippen molar-refractivity contribution in [2.75, 3.05) is 6.61 Å². The molecule has 104 valence electrons. The summed E-state index contributed by atoms with van der Waals surface area (Å²) in [6, 6.07) is 0. The highest BCUT2D eigenvalue weighted by Crippen LogP contribution is 2.35. The number of esters is 2. The van der Waals surface area contributed by atoms with Crippen LogP contribution in [0.15, 0.2) is 0 Å². The van der Waals surface area contributed by atoms with Gasteiger partial charge in [-0.25, -0.2) is 0 Å². The van der Waals surface area contributed by atoms with Crippen molar-refractivity contribution in [2.24, 2.45) is 17.8 Å². The van der Waals surface area contributed by atoms with Crippen LogP contribution >= 0.6 is 0 Å². The molecule has 0 amide bonds. The molecular formula is C13H22O5. The number of carbonyl (C=O) groups excluding carboxylic acids is 2. The third kappa shape index (κ3) is 3.70. The van der Waals surface area contributed by atoms with Gasteiger partial charge in [-0.3, -0.25) is 9.59 Å². The van der Waals surface area contributed by atoms with Crippen LogP contribution in [0.1, 0.15) is 34.6 Å². The van der Waals surface area contributed by atoms with Gasteiger partial charge >= 0.3 is 11.9 Å². The molecule has 1 heterocycles. The van der Waals surface area contributed by atoms with Crippen molar-refractivity contribution in [1.29, 1.82) is 0 Å². The zero-order chi connectivity index (χ0) is 13.9. The van der Waals surface area contributed by atoms with Crippen LogP contribution in [0.3, 0.4) is 0 Å². The lowest BCUT2D eigenvalue weighted by atomic mass is 9.79. The lowest BCUT2D eigenvalue weighted by Gasteiger charge is -2.42. The van der Waals surface area contributed by atoms with E-state index in [1.54, 1.807) is 0 Å². The first kappa shape index (κ1) is 15.0. The Morgan fingerprint density at radius 1 is 1.00 bits per heavy atom. The minimum Gasteiger partial charge on any atom is -0.463 e. The summed E-state index contributed by atoms with van der Waals surface area (Å²) in [5.74, 6) is -0.00625. The maximum Gasteiger partial charge on any atom is 0.304 e. The second-order valence-corrected chi connectivity index (χ2v) is 5.03. The van der Waals surface area contributed by atoms with E-state index in [2.05, 4.69) is 13.8 Å². The van der Waals surface area contributed by atoms with E-state index in [1.165, 1.54) is 13.8 Å². The highest BCUT2D eigenvalue weighted by atomic mass is 16.7. The molecule has 0 aliphatic carbocycles. The first-order valence-electron chi connectivity index (χ1n) is 6.29. The van der Waals surface area contributed by atoms with Gasteiger partial charge in [0.1, 0.15) is 6.61 Å². The summed E-state index contributed by atoms with van der Waals surface area (Å²) >= 11 is 0. The molecule has 0 saturated carbocycles. The third-order valence-electron chi connectivity index (χ3n) is 3.72. The van der Waals surface area contributed by atoms with E-state index in [9.17, 15) is 9.59 Å². The summed E-state index contributed by atoms with van der Waals surface area (Å²) in [6.45, 7) is 9.07. The number of rotatable bonds is 3. The van der Waals surface area contributed by atoms with Crippen LogP contribution < -0.4 is 0 Å². The Morgan fingerprint density at radius 2 is 1.61 bits per heavy atom. The van der Waals surface area contributed by atoms with Crippen LogP contribution in [-0.2, 0) is 23.8 Å². The van der Waals surface area contributed by atoms with Crippen LogP contribution in [-0.4, -0.2) is 30.9 Å². The van der Waals surface area contributed by atoms with Gasteiger partial charge in [-0.05, 0) is 11.8 Å². The fourth-order valence-corrected chi connectivity index (χ4v) is 2.17. The molecule has 0 aromatic heterocycles. The Labute approximate surface area is 108 Å². The predicted molar refractivity (Wildman–Crippen MR) is 64.6 cm³/mol. The summed E-state index contributed by atoms with van der Waals surface area (Å²) in [4.78, 5) is 21.9. The molecule has 1 aliphatic heterocycles. The molecule has 5 heteroatoms. The molecule has 0 aromatic rings. The van der Waals surface area contributed by atoms with Crippen LogP contribution in [0.25, 0.3) is 0 Å². The molecule has 0 radical (unpaired) electrons. The molecule has 5 atom stereocenters. The van der Waals surface area contributed by atoms with Crippen LogP contribution in [0.5, 0.6) is 0 Å². The summed E-state index contributed by atoms with van der Waals surface area (Å²) in [5.41, 5.74) is 0. The van der Waals surface area contributed by atoms with E-state index in [0.29, 0.717) is 5.92 Å². The lowest BCUT2D eigenvalue weighted by Crippen LogP contribution is -2.48. The predicted octanol–water partition coefficient (Wildman–Crippen LogP) is 1.75. The number of ether oxygens (including phenoxy) is 3. The molecule has 0 N–H and O–H groups in total. The van der Waals surface area contributed by atoms with E-state index in [1.807, 2.05) is 6.92 Å². The lowest BCUT2D eigenvalue weighted by molar-refractivity contribution is -0.248. The average Bonchev–Trinajstić information content (AvgIpc) is 2.27. The first-order chi connectivity index (χ1) is 8.32. The second kappa shape index (κ2) is 6.18. The Kier molecular flexibility index (Phi) is 5.14. The normalized spacial score (nSPS) is 35.9. The maximum atomic E-state index is 11.0. The molecule has 0 aromatic carbocycles. The minimum atomic E-state index is -0.561. The van der Waals surface area contributed by atoms with Gasteiger partial charge in [0.15, 0.2) is 0 Å². The van der Waals surface area contributed by atoms with Crippen molar-refractivity contribution < 1.29 is 23.8 Å². The van der Waals surface area contributed by atoms with Gasteiger partial charge in [0.2, 0.25) is 6.29 Å². The third-order valence-corrected chi connectivity index (χ3v) is 3.72. The quantitative estimate of drug-likeness (QED) is 0.722.